The van der Waals surface area contributed by atoms with E-state index in [2.05, 4.69) is 6.58 Å². The number of rotatable bonds is 4. The quantitative estimate of drug-likeness (QED) is 0.373. The molecule has 0 aliphatic rings. The minimum atomic E-state index is -0.838. The van der Waals surface area contributed by atoms with Crippen molar-refractivity contribution in [2.24, 2.45) is 11.6 Å². The number of nitrogens with two attached hydrogens (primary N) is 2. The number of nitrogens with zero attached hydrogens (tertiary/aromatic N) is 1. The number of anilines is 1. The average Bonchev–Trinajstić information content (AvgIpc) is 2.31. The van der Waals surface area contributed by atoms with Crippen molar-refractivity contribution in [1.82, 2.24) is 0 Å². The number of hydrazine groups is 1. The van der Waals surface area contributed by atoms with Gasteiger partial charge in [0.2, 0.25) is 0 Å². The summed E-state index contributed by atoms with van der Waals surface area (Å²) in [7, 11) is 0. The molecule has 0 unspecified atom stereocenters. The van der Waals surface area contributed by atoms with Crippen molar-refractivity contribution in [1.29, 1.82) is 0 Å². The zero-order valence-electron chi connectivity index (χ0n) is 8.86. The highest BCUT2D eigenvalue weighted by Crippen LogP contribution is 2.28. The monoisotopic (exact) mass is 255 g/mol. The highest BCUT2D eigenvalue weighted by atomic mass is 35.5. The van der Waals surface area contributed by atoms with Crippen molar-refractivity contribution in [2.45, 2.75) is 0 Å². The summed E-state index contributed by atoms with van der Waals surface area (Å²) in [5, 5.41) is 0.861. The topological polar surface area (TPSA) is 72.3 Å². The van der Waals surface area contributed by atoms with Gasteiger partial charge < -0.3 is 5.73 Å². The van der Waals surface area contributed by atoms with Gasteiger partial charge in [-0.05, 0) is 18.2 Å². The predicted octanol–water partition coefficient (Wildman–Crippen LogP) is 1.96. The van der Waals surface area contributed by atoms with E-state index in [1.807, 2.05) is 0 Å². The Morgan fingerprint density at radius 3 is 2.71 bits per heavy atom. The number of ketones is 1. The van der Waals surface area contributed by atoms with E-state index in [0.717, 1.165) is 17.3 Å². The van der Waals surface area contributed by atoms with Crippen LogP contribution in [-0.2, 0) is 0 Å². The summed E-state index contributed by atoms with van der Waals surface area (Å²) in [4.78, 5) is 11.6. The number of halogens is 2. The van der Waals surface area contributed by atoms with Gasteiger partial charge in [-0.1, -0.05) is 18.2 Å². The number of carbonyl (C=O) groups is 1. The molecule has 6 heteroatoms. The summed E-state index contributed by atoms with van der Waals surface area (Å²) in [6.07, 6.45) is 3.43. The molecule has 0 amide bonds. The molecule has 0 aromatic heterocycles. The molecule has 4 N–H and O–H groups in total. The number of benzene rings is 1. The average molecular weight is 256 g/mol. The Balaban J connectivity index is 3.44. The van der Waals surface area contributed by atoms with Crippen molar-refractivity contribution in [3.63, 3.8) is 0 Å². The lowest BCUT2D eigenvalue weighted by molar-refractivity contribution is 0.104. The zero-order chi connectivity index (χ0) is 13.0. The second kappa shape index (κ2) is 5.47. The molecule has 0 aliphatic carbocycles. The van der Waals surface area contributed by atoms with Crippen LogP contribution in [-0.4, -0.2) is 5.78 Å². The highest BCUT2D eigenvalue weighted by Gasteiger charge is 2.19. The second-order valence-electron chi connectivity index (χ2n) is 3.07. The SMILES string of the molecule is C=CC(=O)c1c(N(N)/C=C\N)ccc(Cl)c1F. The van der Waals surface area contributed by atoms with E-state index in [-0.39, 0.29) is 16.3 Å². The Kier molecular flexibility index (Phi) is 4.25. The lowest BCUT2D eigenvalue weighted by Gasteiger charge is -2.17. The smallest absolute Gasteiger partial charge is 0.190 e. The van der Waals surface area contributed by atoms with Crippen LogP contribution in [0.3, 0.4) is 0 Å². The fraction of sp³-hybridized carbons (Fsp3) is 0. The Hall–Kier alpha value is -1.85. The van der Waals surface area contributed by atoms with Gasteiger partial charge in [-0.3, -0.25) is 9.80 Å². The van der Waals surface area contributed by atoms with Crippen molar-refractivity contribution in [3.05, 3.63) is 53.6 Å². The van der Waals surface area contributed by atoms with E-state index in [1.54, 1.807) is 0 Å². The molecule has 0 saturated carbocycles. The molecule has 0 bridgehead atoms. The van der Waals surface area contributed by atoms with Gasteiger partial charge in [0, 0.05) is 12.4 Å². The van der Waals surface area contributed by atoms with Crippen molar-refractivity contribution in [2.75, 3.05) is 5.01 Å². The molecule has 1 aromatic rings. The maximum Gasteiger partial charge on any atom is 0.190 e. The zero-order valence-corrected chi connectivity index (χ0v) is 9.62. The van der Waals surface area contributed by atoms with Gasteiger partial charge >= 0.3 is 0 Å². The van der Waals surface area contributed by atoms with Crippen LogP contribution >= 0.6 is 11.6 Å². The van der Waals surface area contributed by atoms with Crippen LogP contribution in [0.5, 0.6) is 0 Å². The fourth-order valence-corrected chi connectivity index (χ4v) is 1.42. The van der Waals surface area contributed by atoms with Gasteiger partial charge in [-0.25, -0.2) is 10.2 Å². The number of allylic oxidation sites excluding steroid dienone is 1. The lowest BCUT2D eigenvalue weighted by atomic mass is 10.1. The summed E-state index contributed by atoms with van der Waals surface area (Å²) in [5.74, 6) is 4.14. The number of carbonyl (C=O) groups excluding carboxylic acids is 1. The third kappa shape index (κ3) is 2.64. The first-order valence-corrected chi connectivity index (χ1v) is 4.97. The predicted molar refractivity (Wildman–Crippen MR) is 65.9 cm³/mol. The van der Waals surface area contributed by atoms with Crippen molar-refractivity contribution in [3.8, 4) is 0 Å². The molecular formula is C11H11ClFN3O. The highest BCUT2D eigenvalue weighted by molar-refractivity contribution is 6.31. The third-order valence-corrected chi connectivity index (χ3v) is 2.32. The molecule has 0 atom stereocenters. The molecule has 1 aromatic carbocycles. The van der Waals surface area contributed by atoms with Crippen LogP contribution in [0.1, 0.15) is 10.4 Å². The van der Waals surface area contributed by atoms with Gasteiger partial charge in [0.05, 0.1) is 16.3 Å². The van der Waals surface area contributed by atoms with Crippen LogP contribution in [0.2, 0.25) is 5.02 Å². The van der Waals surface area contributed by atoms with Crippen LogP contribution < -0.4 is 16.6 Å². The molecule has 1 rings (SSSR count). The summed E-state index contributed by atoms with van der Waals surface area (Å²) in [6, 6.07) is 2.72. The Morgan fingerprint density at radius 2 is 2.18 bits per heavy atom. The lowest BCUT2D eigenvalue weighted by Crippen LogP contribution is -2.27. The minimum Gasteiger partial charge on any atom is -0.403 e. The van der Waals surface area contributed by atoms with Crippen molar-refractivity contribution < 1.29 is 9.18 Å². The maximum atomic E-state index is 13.8. The summed E-state index contributed by atoms with van der Waals surface area (Å²) in [5.41, 5.74) is 5.08. The standard InChI is InChI=1S/C11H11ClFN3O/c1-2-9(17)10-8(16(15)6-5-14)4-3-7(12)11(10)13/h2-6H,1,14-15H2/b6-5-. The van der Waals surface area contributed by atoms with E-state index in [9.17, 15) is 9.18 Å². The molecule has 17 heavy (non-hydrogen) atoms. The molecule has 90 valence electrons. The largest absolute Gasteiger partial charge is 0.403 e. The summed E-state index contributed by atoms with van der Waals surface area (Å²) < 4.78 is 13.8. The Bertz CT molecular complexity index is 488. The summed E-state index contributed by atoms with van der Waals surface area (Å²) >= 11 is 5.61. The first-order valence-electron chi connectivity index (χ1n) is 4.60. The number of hydrogen-bond donors (Lipinski definition) is 2. The Morgan fingerprint density at radius 1 is 1.53 bits per heavy atom. The first kappa shape index (κ1) is 13.2. The molecule has 0 saturated heterocycles. The molecule has 0 fully saturated rings. The third-order valence-electron chi connectivity index (χ3n) is 2.03. The van der Waals surface area contributed by atoms with Gasteiger partial charge in [-0.15, -0.1) is 0 Å². The second-order valence-corrected chi connectivity index (χ2v) is 3.48. The van der Waals surface area contributed by atoms with E-state index in [1.165, 1.54) is 18.3 Å². The van der Waals surface area contributed by atoms with Crippen molar-refractivity contribution >= 4 is 23.1 Å². The van der Waals surface area contributed by atoms with E-state index in [0.29, 0.717) is 0 Å². The Labute approximate surface area is 103 Å². The van der Waals surface area contributed by atoms with E-state index in [4.69, 9.17) is 23.2 Å². The van der Waals surface area contributed by atoms with Gasteiger partial charge in [0.15, 0.2) is 11.6 Å². The van der Waals surface area contributed by atoms with Crippen LogP contribution in [0.25, 0.3) is 0 Å². The summed E-state index contributed by atoms with van der Waals surface area (Å²) in [6.45, 7) is 3.29. The van der Waals surface area contributed by atoms with E-state index < -0.39 is 11.6 Å². The van der Waals surface area contributed by atoms with Crippen LogP contribution in [0, 0.1) is 5.82 Å². The molecule has 0 spiro atoms. The van der Waals surface area contributed by atoms with Crippen LogP contribution in [0.4, 0.5) is 10.1 Å². The molecule has 0 aliphatic heterocycles. The first-order chi connectivity index (χ1) is 8.02. The molecule has 0 radical (unpaired) electrons. The maximum absolute atomic E-state index is 13.8. The number of hydrogen-bond acceptors (Lipinski definition) is 4. The molecule has 0 heterocycles. The van der Waals surface area contributed by atoms with E-state index >= 15 is 0 Å². The van der Waals surface area contributed by atoms with Gasteiger partial charge in [0.25, 0.3) is 0 Å². The molecule has 4 nitrogen and oxygen atoms in total. The van der Waals surface area contributed by atoms with Gasteiger partial charge in [0.1, 0.15) is 0 Å². The fourth-order valence-electron chi connectivity index (χ4n) is 1.27. The van der Waals surface area contributed by atoms with Gasteiger partial charge in [-0.2, -0.15) is 0 Å². The normalized spacial score (nSPS) is 10.5. The minimum absolute atomic E-state index is 0.151. The molecular weight excluding hydrogens is 245 g/mol. The van der Waals surface area contributed by atoms with Crippen LogP contribution in [0.15, 0.2) is 37.2 Å².